The van der Waals surface area contributed by atoms with E-state index in [1.54, 1.807) is 0 Å². The highest BCUT2D eigenvalue weighted by Gasteiger charge is 2.24. The first-order valence-electron chi connectivity index (χ1n) is 14.7. The summed E-state index contributed by atoms with van der Waals surface area (Å²) >= 11 is 0. The molecule has 0 saturated carbocycles. The highest BCUT2D eigenvalue weighted by atomic mass is 15.3. The molecule has 2 aromatic carbocycles. The van der Waals surface area contributed by atoms with E-state index in [0.29, 0.717) is 4.90 Å². The predicted molar refractivity (Wildman–Crippen MR) is 83.8 cm³/mol. The lowest BCUT2D eigenvalue weighted by molar-refractivity contribution is 0.127. The summed E-state index contributed by atoms with van der Waals surface area (Å²) in [4.78, 5) is 0.560. The predicted octanol–water partition coefficient (Wildman–Crippen LogP) is 3.02. The highest BCUT2D eigenvalue weighted by Crippen LogP contribution is 2.29. The van der Waals surface area contributed by atoms with Crippen LogP contribution in [0.25, 0.3) is 0 Å². The van der Waals surface area contributed by atoms with E-state index in [0.717, 1.165) is 0 Å². The number of nitrogens with zero attached hydrogens (tertiary/aromatic N) is 2. The number of hydrogen-bond donors (Lipinski definition) is 0. The van der Waals surface area contributed by atoms with Gasteiger partial charge in [0.25, 0.3) is 0 Å². The van der Waals surface area contributed by atoms with E-state index in [4.69, 9.17) is 23.3 Å². The van der Waals surface area contributed by atoms with Crippen LogP contribution in [-0.4, -0.2) is 42.9 Å². The van der Waals surface area contributed by atoms with Gasteiger partial charge in [-0.05, 0) is 18.1 Å². The lowest BCUT2D eigenvalue weighted by Gasteiger charge is -2.38. The zero-order chi connectivity index (χ0) is 29.5. The molecule has 0 bridgehead atoms. The third kappa shape index (κ3) is 2.92. The first-order chi connectivity index (χ1) is 17.0. The lowest BCUT2D eigenvalue weighted by atomic mass is 9.96. The molecule has 0 aliphatic carbocycles. The highest BCUT2D eigenvalue weighted by molar-refractivity contribution is 5.31. The monoisotopic (exact) mass is 284 g/mol. The van der Waals surface area contributed by atoms with Gasteiger partial charge in [0.15, 0.2) is 0 Å². The van der Waals surface area contributed by atoms with E-state index < -0.39 is 111 Å². The Morgan fingerprint density at radius 3 is 1.95 bits per heavy atom. The molecule has 20 heavy (non-hydrogen) atoms. The van der Waals surface area contributed by atoms with Gasteiger partial charge in [0.1, 0.15) is 0 Å². The van der Waals surface area contributed by atoms with Crippen LogP contribution in [0.1, 0.15) is 41.8 Å². The number of likely N-dealkylation sites (N-methyl/N-ethyl adjacent to an activating group) is 1. The number of piperazine rings is 1. The maximum absolute atomic E-state index is 9.46. The van der Waals surface area contributed by atoms with Crippen molar-refractivity contribution in [1.82, 2.24) is 9.80 Å². The molecule has 1 fully saturated rings. The molecule has 0 N–H and O–H groups in total. The molecule has 0 aromatic heterocycles. The van der Waals surface area contributed by atoms with Crippen molar-refractivity contribution in [1.29, 1.82) is 0 Å². The number of hydrogen-bond acceptors (Lipinski definition) is 2. The van der Waals surface area contributed by atoms with Gasteiger partial charge in [-0.2, -0.15) is 0 Å². The molecule has 0 amide bonds. The lowest BCUT2D eigenvalue weighted by Crippen LogP contribution is -2.46. The number of benzene rings is 2. The normalized spacial score (nSPS) is 36.6. The van der Waals surface area contributed by atoms with Crippen molar-refractivity contribution in [3.8, 4) is 0 Å². The standard InChI is InChI=1S/C18H22N2/c1-19-12-14-20(15-13-19)18(16-8-4-2-5-9-16)17-10-6-3-7-11-17/h2-11,18H,12-15H2,1H3/i1D3,2D,3D,4D,5D,6D,7D,8D,9D,10D,11D,12D2,13D2,18D. The molecule has 0 spiro atoms. The van der Waals surface area contributed by atoms with Gasteiger partial charge < -0.3 is 4.90 Å². The van der Waals surface area contributed by atoms with E-state index in [2.05, 4.69) is 0 Å². The minimum atomic E-state index is -3.29. The van der Waals surface area contributed by atoms with Crippen molar-refractivity contribution in [2.45, 2.75) is 6.02 Å². The molecule has 1 heterocycles. The van der Waals surface area contributed by atoms with Gasteiger partial charge in [0, 0.05) is 35.7 Å². The van der Waals surface area contributed by atoms with Crippen LogP contribution in [0.4, 0.5) is 0 Å². The topological polar surface area (TPSA) is 6.48 Å². The van der Waals surface area contributed by atoms with E-state index in [-0.39, 0.29) is 4.90 Å². The van der Waals surface area contributed by atoms with Gasteiger partial charge in [0.05, 0.1) is 21.1 Å². The fourth-order valence-electron chi connectivity index (χ4n) is 1.76. The van der Waals surface area contributed by atoms with Crippen LogP contribution in [0.15, 0.2) is 60.4 Å². The van der Waals surface area contributed by atoms with Crippen molar-refractivity contribution >= 4 is 0 Å². The van der Waals surface area contributed by atoms with Crippen LogP contribution in [0.3, 0.4) is 0 Å². The first-order valence-corrected chi connectivity index (χ1v) is 5.73. The summed E-state index contributed by atoms with van der Waals surface area (Å²) in [5, 5.41) is 0. The van der Waals surface area contributed by atoms with Gasteiger partial charge >= 0.3 is 0 Å². The quantitative estimate of drug-likeness (QED) is 0.855. The fraction of sp³-hybridized carbons (Fsp3) is 0.333. The Morgan fingerprint density at radius 2 is 1.50 bits per heavy atom. The maximum atomic E-state index is 9.46. The third-order valence-corrected chi connectivity index (χ3v) is 2.63. The fourth-order valence-corrected chi connectivity index (χ4v) is 1.76. The largest absolute Gasteiger partial charge is 0.304 e. The van der Waals surface area contributed by atoms with Crippen LogP contribution >= 0.6 is 0 Å². The maximum Gasteiger partial charge on any atom is 0.0626 e. The zero-order valence-electron chi connectivity index (χ0n) is 28.3. The molecule has 0 unspecified atom stereocenters. The van der Waals surface area contributed by atoms with Crippen molar-refractivity contribution < 1.29 is 24.7 Å². The van der Waals surface area contributed by atoms with Crippen molar-refractivity contribution in [3.63, 3.8) is 0 Å². The van der Waals surface area contributed by atoms with Gasteiger partial charge in [-0.1, -0.05) is 60.4 Å². The molecule has 0 radical (unpaired) electrons. The molecule has 1 saturated heterocycles. The Hall–Kier alpha value is -1.64. The smallest absolute Gasteiger partial charge is 0.0626 e. The van der Waals surface area contributed by atoms with Crippen LogP contribution in [0.2, 0.25) is 0 Å². The molecule has 0 atom stereocenters. The second kappa shape index (κ2) is 6.21. The Morgan fingerprint density at radius 1 is 1.00 bits per heavy atom. The Balaban J connectivity index is 2.52. The van der Waals surface area contributed by atoms with Crippen LogP contribution in [0.5, 0.6) is 0 Å². The summed E-state index contributed by atoms with van der Waals surface area (Å²) in [7, 11) is 0. The summed E-state index contributed by atoms with van der Waals surface area (Å²) in [5.41, 5.74) is -1.84. The van der Waals surface area contributed by atoms with E-state index in [1.807, 2.05) is 0 Å². The summed E-state index contributed by atoms with van der Waals surface area (Å²) < 4.78 is 147. The van der Waals surface area contributed by atoms with Gasteiger partial charge in [-0.15, -0.1) is 0 Å². The zero-order valence-corrected chi connectivity index (χ0v) is 10.3. The summed E-state index contributed by atoms with van der Waals surface area (Å²) in [6.07, 6.45) is 0. The minimum absolute atomic E-state index is 0.0339. The average Bonchev–Trinajstić information content (AvgIpc) is 2.76. The van der Waals surface area contributed by atoms with E-state index >= 15 is 0 Å². The van der Waals surface area contributed by atoms with Crippen LogP contribution < -0.4 is 0 Å². The van der Waals surface area contributed by atoms with Crippen LogP contribution in [0, 0.1) is 0 Å². The van der Waals surface area contributed by atoms with Crippen molar-refractivity contribution in [2.24, 2.45) is 0 Å². The SMILES string of the molecule is [2H]c1c([2H])c([2H])c(C([2H])(c2c([2H])c([2H])c([2H])c([2H])c2[2H])N2CC([2H])([2H])N(C([2H])([2H])[2H])C([2H])([2H])C2)c([2H])c1[2H]. The minimum Gasteiger partial charge on any atom is -0.304 e. The number of rotatable bonds is 3. The Labute approximate surface area is 146 Å². The molecule has 3 rings (SSSR count). The summed E-state index contributed by atoms with van der Waals surface area (Å²) in [6, 6.07) is -12.5. The second-order valence-electron chi connectivity index (χ2n) is 3.86. The Kier molecular flexibility index (Phi) is 1.17. The molecule has 2 heteroatoms. The second-order valence-corrected chi connectivity index (χ2v) is 3.86. The van der Waals surface area contributed by atoms with Crippen LogP contribution in [-0.2, 0) is 0 Å². The molecule has 1 aliphatic heterocycles. The summed E-state index contributed by atoms with van der Waals surface area (Å²) in [5.74, 6) is 0. The van der Waals surface area contributed by atoms with E-state index in [1.165, 1.54) is 0 Å². The van der Waals surface area contributed by atoms with Crippen molar-refractivity contribution in [2.75, 3.05) is 33.1 Å². The molecule has 1 aliphatic rings. The molecular weight excluding hydrogens is 244 g/mol. The van der Waals surface area contributed by atoms with Gasteiger partial charge in [-0.25, -0.2) is 0 Å². The molecule has 2 aromatic rings. The van der Waals surface area contributed by atoms with Crippen molar-refractivity contribution in [3.05, 3.63) is 71.6 Å². The molecular formula is C18H22N2. The van der Waals surface area contributed by atoms with Gasteiger partial charge in [-0.3, -0.25) is 4.90 Å². The summed E-state index contributed by atoms with van der Waals surface area (Å²) in [6.45, 7) is -11.6. The molecule has 2 nitrogen and oxygen atoms in total. The average molecular weight is 284 g/mol. The first kappa shape index (κ1) is 3.76. The molecule has 104 valence electrons. The Bertz CT molecular complexity index is 1160. The van der Waals surface area contributed by atoms with E-state index in [9.17, 15) is 1.37 Å². The third-order valence-electron chi connectivity index (χ3n) is 2.63. The van der Waals surface area contributed by atoms with Gasteiger partial charge in [0.2, 0.25) is 0 Å².